The van der Waals surface area contributed by atoms with Crippen molar-refractivity contribution in [2.45, 2.75) is 0 Å². The summed E-state index contributed by atoms with van der Waals surface area (Å²) in [5.41, 5.74) is 1.58. The maximum absolute atomic E-state index is 12.9. The van der Waals surface area contributed by atoms with Gasteiger partial charge >= 0.3 is 0 Å². The number of hydrogen-bond donors (Lipinski definition) is 3. The van der Waals surface area contributed by atoms with Crippen molar-refractivity contribution in [2.24, 2.45) is 0 Å². The molecular formula is C16H14N6O2. The van der Waals surface area contributed by atoms with Gasteiger partial charge in [-0.2, -0.15) is 10.1 Å². The van der Waals surface area contributed by atoms with Crippen LogP contribution in [0.1, 0.15) is 0 Å². The van der Waals surface area contributed by atoms with Crippen LogP contribution in [0.15, 0.2) is 47.5 Å². The second-order valence-electron chi connectivity index (χ2n) is 5.22. The van der Waals surface area contributed by atoms with E-state index in [4.69, 9.17) is 5.11 Å². The van der Waals surface area contributed by atoms with Gasteiger partial charge < -0.3 is 10.4 Å². The number of aromatic amines is 1. The zero-order valence-corrected chi connectivity index (χ0v) is 12.6. The molecule has 3 aromatic heterocycles. The number of nitrogens with one attached hydrogen (secondary N) is 2. The normalized spacial score (nSPS) is 11.2. The zero-order chi connectivity index (χ0) is 16.5. The van der Waals surface area contributed by atoms with Crippen molar-refractivity contribution < 1.29 is 5.11 Å². The second-order valence-corrected chi connectivity index (χ2v) is 5.22. The van der Waals surface area contributed by atoms with Crippen LogP contribution in [0, 0.1) is 0 Å². The molecule has 120 valence electrons. The fraction of sp³-hybridized carbons (Fsp3) is 0.125. The van der Waals surface area contributed by atoms with Crippen LogP contribution in [-0.4, -0.2) is 43.0 Å². The third-order valence-corrected chi connectivity index (χ3v) is 3.73. The third-order valence-electron chi connectivity index (χ3n) is 3.73. The van der Waals surface area contributed by atoms with Gasteiger partial charge in [0.25, 0.3) is 5.56 Å². The van der Waals surface area contributed by atoms with Gasteiger partial charge in [-0.25, -0.2) is 4.98 Å². The molecule has 3 heterocycles. The van der Waals surface area contributed by atoms with E-state index in [1.807, 2.05) is 30.3 Å². The highest BCUT2D eigenvalue weighted by Crippen LogP contribution is 2.22. The van der Waals surface area contributed by atoms with Crippen molar-refractivity contribution in [3.05, 3.63) is 53.1 Å². The Kier molecular flexibility index (Phi) is 3.43. The summed E-state index contributed by atoms with van der Waals surface area (Å²) in [5, 5.41) is 19.8. The molecule has 0 saturated carbocycles. The summed E-state index contributed by atoms with van der Waals surface area (Å²) in [4.78, 5) is 21.6. The topological polar surface area (TPSA) is 109 Å². The molecule has 0 unspecified atom stereocenters. The highest BCUT2D eigenvalue weighted by atomic mass is 16.3. The molecule has 4 rings (SSSR count). The number of nitrogens with zero attached hydrogens (tertiary/aromatic N) is 4. The van der Waals surface area contributed by atoms with Crippen LogP contribution in [0.2, 0.25) is 0 Å². The number of aliphatic hydroxyl groups is 1. The van der Waals surface area contributed by atoms with Gasteiger partial charge in [0.05, 0.1) is 34.8 Å². The molecule has 0 atom stereocenters. The lowest BCUT2D eigenvalue weighted by atomic mass is 10.2. The summed E-state index contributed by atoms with van der Waals surface area (Å²) in [7, 11) is 0. The van der Waals surface area contributed by atoms with Crippen molar-refractivity contribution in [2.75, 3.05) is 18.5 Å². The van der Waals surface area contributed by atoms with E-state index in [1.165, 1.54) is 6.20 Å². The van der Waals surface area contributed by atoms with Crippen LogP contribution in [0.3, 0.4) is 0 Å². The Balaban J connectivity index is 2.09. The first kappa shape index (κ1) is 14.3. The Bertz CT molecular complexity index is 1070. The van der Waals surface area contributed by atoms with E-state index in [1.54, 1.807) is 10.8 Å². The third kappa shape index (κ3) is 2.20. The summed E-state index contributed by atoms with van der Waals surface area (Å²) in [6, 6.07) is 9.29. The maximum Gasteiger partial charge on any atom is 0.267 e. The summed E-state index contributed by atoms with van der Waals surface area (Å²) < 4.78 is 1.54. The minimum Gasteiger partial charge on any atom is -0.395 e. The van der Waals surface area contributed by atoms with Gasteiger partial charge in [-0.1, -0.05) is 18.2 Å². The number of pyridine rings is 1. The van der Waals surface area contributed by atoms with E-state index in [0.29, 0.717) is 40.1 Å². The van der Waals surface area contributed by atoms with Crippen LogP contribution in [0.5, 0.6) is 0 Å². The molecule has 0 aliphatic heterocycles. The van der Waals surface area contributed by atoms with E-state index >= 15 is 0 Å². The molecule has 4 aromatic rings. The highest BCUT2D eigenvalue weighted by molar-refractivity contribution is 6.02. The molecule has 8 nitrogen and oxygen atoms in total. The minimum absolute atomic E-state index is 0.0352. The van der Waals surface area contributed by atoms with Crippen molar-refractivity contribution >= 4 is 27.9 Å². The number of para-hydroxylation sites is 1. The molecule has 0 amide bonds. The molecule has 1 aromatic carbocycles. The zero-order valence-electron chi connectivity index (χ0n) is 12.6. The van der Waals surface area contributed by atoms with Crippen molar-refractivity contribution in [1.29, 1.82) is 0 Å². The number of fused-ring (bicyclic) bond motifs is 3. The average molecular weight is 322 g/mol. The lowest BCUT2D eigenvalue weighted by Crippen LogP contribution is -2.20. The van der Waals surface area contributed by atoms with Crippen molar-refractivity contribution in [3.63, 3.8) is 0 Å². The number of aromatic nitrogens is 5. The quantitative estimate of drug-likeness (QED) is 0.518. The molecule has 3 N–H and O–H groups in total. The van der Waals surface area contributed by atoms with Gasteiger partial charge in [-0.3, -0.25) is 14.5 Å². The van der Waals surface area contributed by atoms with Crippen LogP contribution in [-0.2, 0) is 0 Å². The highest BCUT2D eigenvalue weighted by Gasteiger charge is 2.15. The van der Waals surface area contributed by atoms with Crippen LogP contribution < -0.4 is 10.9 Å². The lowest BCUT2D eigenvalue weighted by molar-refractivity contribution is 0.311. The largest absolute Gasteiger partial charge is 0.395 e. The SMILES string of the molecule is O=c1c2cn[nH]c2c2cnc(NCCO)nc2n1-c1ccccc1. The minimum atomic E-state index is -0.204. The van der Waals surface area contributed by atoms with E-state index in [0.717, 1.165) is 0 Å². The Morgan fingerprint density at radius 3 is 2.79 bits per heavy atom. The predicted octanol–water partition coefficient (Wildman–Crippen LogP) is 1.06. The van der Waals surface area contributed by atoms with Gasteiger partial charge in [0.1, 0.15) is 0 Å². The van der Waals surface area contributed by atoms with Crippen LogP contribution in [0.25, 0.3) is 27.6 Å². The number of H-pyrrole nitrogens is 1. The van der Waals surface area contributed by atoms with E-state index in [2.05, 4.69) is 25.5 Å². The van der Waals surface area contributed by atoms with E-state index in [-0.39, 0.29) is 12.2 Å². The van der Waals surface area contributed by atoms with Gasteiger partial charge in [0.15, 0.2) is 5.65 Å². The molecule has 0 aliphatic rings. The van der Waals surface area contributed by atoms with Gasteiger partial charge in [0, 0.05) is 12.7 Å². The van der Waals surface area contributed by atoms with Crippen LogP contribution >= 0.6 is 0 Å². The standard InChI is InChI=1S/C16H14N6O2/c23-7-6-17-16-18-8-11-13-12(9-19-21-13)15(24)22(14(11)20-16)10-4-2-1-3-5-10/h1-5,8-9,23H,6-7H2,(H,19,21)(H,17,18,20). The summed E-state index contributed by atoms with van der Waals surface area (Å²) in [5.74, 6) is 0.347. The Morgan fingerprint density at radius 1 is 1.17 bits per heavy atom. The first-order valence-corrected chi connectivity index (χ1v) is 7.44. The van der Waals surface area contributed by atoms with Gasteiger partial charge in [-0.05, 0) is 12.1 Å². The molecule has 0 aliphatic carbocycles. The monoisotopic (exact) mass is 322 g/mol. The molecule has 0 bridgehead atoms. The number of rotatable bonds is 4. The smallest absolute Gasteiger partial charge is 0.267 e. The molecule has 0 saturated heterocycles. The van der Waals surface area contributed by atoms with E-state index in [9.17, 15) is 4.79 Å². The Morgan fingerprint density at radius 2 is 2.00 bits per heavy atom. The molecule has 24 heavy (non-hydrogen) atoms. The van der Waals surface area contributed by atoms with Gasteiger partial charge in [0.2, 0.25) is 5.95 Å². The molecule has 0 fully saturated rings. The Labute approximate surface area is 135 Å². The number of hydrogen-bond acceptors (Lipinski definition) is 6. The number of benzene rings is 1. The van der Waals surface area contributed by atoms with E-state index < -0.39 is 0 Å². The first-order valence-electron chi connectivity index (χ1n) is 7.44. The number of aliphatic hydroxyl groups excluding tert-OH is 1. The first-order chi connectivity index (χ1) is 11.8. The fourth-order valence-electron chi connectivity index (χ4n) is 2.66. The molecular weight excluding hydrogens is 308 g/mol. The van der Waals surface area contributed by atoms with Crippen LogP contribution in [0.4, 0.5) is 5.95 Å². The molecule has 0 spiro atoms. The summed E-state index contributed by atoms with van der Waals surface area (Å²) >= 11 is 0. The maximum atomic E-state index is 12.9. The average Bonchev–Trinajstić information content (AvgIpc) is 3.11. The second kappa shape index (κ2) is 5.74. The predicted molar refractivity (Wildman–Crippen MR) is 90.4 cm³/mol. The van der Waals surface area contributed by atoms with Gasteiger partial charge in [-0.15, -0.1) is 0 Å². The van der Waals surface area contributed by atoms with Crippen molar-refractivity contribution in [1.82, 2.24) is 24.7 Å². The Hall–Kier alpha value is -3.26. The molecule has 8 heteroatoms. The van der Waals surface area contributed by atoms with Crippen molar-refractivity contribution in [3.8, 4) is 5.69 Å². The summed E-state index contributed by atoms with van der Waals surface area (Å²) in [6.07, 6.45) is 3.15. The molecule has 0 radical (unpaired) electrons. The lowest BCUT2D eigenvalue weighted by Gasteiger charge is -2.11. The summed E-state index contributed by atoms with van der Waals surface area (Å²) in [6.45, 7) is 0.292. The number of anilines is 1. The fourth-order valence-corrected chi connectivity index (χ4v) is 2.66.